The van der Waals surface area contributed by atoms with E-state index in [1.54, 1.807) is 0 Å². The molecule has 0 aromatic heterocycles. The second-order valence-electron chi connectivity index (χ2n) is 11.7. The van der Waals surface area contributed by atoms with Gasteiger partial charge < -0.3 is 19.3 Å². The first-order chi connectivity index (χ1) is 17.6. The average Bonchev–Trinajstić information content (AvgIpc) is 3.48. The first-order valence-corrected chi connectivity index (χ1v) is 14.6. The minimum atomic E-state index is -0.264. The van der Waals surface area contributed by atoms with Crippen molar-refractivity contribution in [3.8, 4) is 0 Å². The van der Waals surface area contributed by atoms with Gasteiger partial charge in [0.15, 0.2) is 0 Å². The van der Waals surface area contributed by atoms with Crippen molar-refractivity contribution in [3.63, 3.8) is 0 Å². The minimum Gasteiger partial charge on any atom is -0.381 e. The van der Waals surface area contributed by atoms with E-state index in [-0.39, 0.29) is 30.1 Å². The van der Waals surface area contributed by atoms with Crippen LogP contribution in [0.2, 0.25) is 0 Å². The summed E-state index contributed by atoms with van der Waals surface area (Å²) < 4.78 is 11.1. The number of nitrogens with one attached hydrogen (secondary N) is 3. The lowest BCUT2D eigenvalue weighted by molar-refractivity contribution is -0.147. The Kier molecular flexibility index (Phi) is 9.17. The molecule has 5 aliphatic rings. The van der Waals surface area contributed by atoms with Gasteiger partial charge in [-0.2, -0.15) is 0 Å². The van der Waals surface area contributed by atoms with Gasteiger partial charge in [0.2, 0.25) is 5.91 Å². The molecule has 2 amide bonds. The van der Waals surface area contributed by atoms with Crippen molar-refractivity contribution in [2.45, 2.75) is 88.7 Å². The third-order valence-corrected chi connectivity index (χ3v) is 9.42. The monoisotopic (exact) mass is 505 g/mol. The molecule has 36 heavy (non-hydrogen) atoms. The maximum Gasteiger partial charge on any atom is 0.251 e. The van der Waals surface area contributed by atoms with E-state index < -0.39 is 0 Å². The molecular formula is C27H47N5O4. The lowest BCUT2D eigenvalue weighted by Crippen LogP contribution is -2.63. The molecular weight excluding hydrogens is 458 g/mol. The summed E-state index contributed by atoms with van der Waals surface area (Å²) in [5, 5.41) is 11.1. The number of nitrogens with zero attached hydrogens (tertiary/aromatic N) is 2. The molecule has 0 aromatic carbocycles. The predicted octanol–water partition coefficient (Wildman–Crippen LogP) is 1.28. The van der Waals surface area contributed by atoms with Crippen molar-refractivity contribution in [1.29, 1.82) is 0 Å². The van der Waals surface area contributed by atoms with Crippen molar-refractivity contribution in [2.24, 2.45) is 17.8 Å². The van der Waals surface area contributed by atoms with E-state index in [0.717, 1.165) is 57.5 Å². The lowest BCUT2D eigenvalue weighted by atomic mass is 9.78. The Balaban J connectivity index is 1.02. The van der Waals surface area contributed by atoms with E-state index in [4.69, 9.17) is 9.47 Å². The molecule has 0 radical (unpaired) electrons. The topological polar surface area (TPSA) is 95.2 Å². The number of carbonyl (C=O) groups excluding carboxylic acids is 2. The van der Waals surface area contributed by atoms with Crippen LogP contribution in [0.15, 0.2) is 0 Å². The van der Waals surface area contributed by atoms with Gasteiger partial charge in [-0.15, -0.1) is 0 Å². The molecule has 3 N–H and O–H groups in total. The summed E-state index contributed by atoms with van der Waals surface area (Å²) in [6.45, 7) is 5.34. The van der Waals surface area contributed by atoms with Crippen molar-refractivity contribution in [1.82, 2.24) is 25.8 Å². The normalized spacial score (nSPS) is 38.2. The summed E-state index contributed by atoms with van der Waals surface area (Å²) in [5.41, 5.74) is 0. The minimum absolute atomic E-state index is 0.0870. The quantitative estimate of drug-likeness (QED) is 0.501. The lowest BCUT2D eigenvalue weighted by Gasteiger charge is -2.41. The first-order valence-electron chi connectivity index (χ1n) is 14.6. The van der Waals surface area contributed by atoms with E-state index in [0.29, 0.717) is 50.8 Å². The van der Waals surface area contributed by atoms with E-state index in [2.05, 4.69) is 16.0 Å². The zero-order valence-electron chi connectivity index (χ0n) is 22.1. The molecule has 5 fully saturated rings. The van der Waals surface area contributed by atoms with Crippen LogP contribution in [0.3, 0.4) is 0 Å². The highest BCUT2D eigenvalue weighted by Gasteiger charge is 2.36. The summed E-state index contributed by atoms with van der Waals surface area (Å²) in [6, 6.07) is 0.355. The fourth-order valence-corrected chi connectivity index (χ4v) is 7.11. The summed E-state index contributed by atoms with van der Waals surface area (Å²) in [6.07, 6.45) is 11.1. The molecule has 3 atom stereocenters. The fraction of sp³-hybridized carbons (Fsp3) is 0.926. The fourth-order valence-electron chi connectivity index (χ4n) is 7.11. The Morgan fingerprint density at radius 3 is 2.17 bits per heavy atom. The molecule has 0 bridgehead atoms. The van der Waals surface area contributed by atoms with Crippen LogP contribution in [-0.4, -0.2) is 99.1 Å². The highest BCUT2D eigenvalue weighted by molar-refractivity contribution is 5.82. The van der Waals surface area contributed by atoms with Crippen LogP contribution in [0.5, 0.6) is 0 Å². The van der Waals surface area contributed by atoms with Gasteiger partial charge >= 0.3 is 0 Å². The summed E-state index contributed by atoms with van der Waals surface area (Å²) >= 11 is 0. The van der Waals surface area contributed by atoms with Crippen LogP contribution >= 0.6 is 0 Å². The molecule has 2 aliphatic carbocycles. The van der Waals surface area contributed by atoms with Gasteiger partial charge in [-0.1, -0.05) is 6.42 Å². The van der Waals surface area contributed by atoms with Crippen LogP contribution in [0, 0.1) is 17.8 Å². The summed E-state index contributed by atoms with van der Waals surface area (Å²) in [4.78, 5) is 29.8. The predicted molar refractivity (Wildman–Crippen MR) is 137 cm³/mol. The number of amides is 2. The second-order valence-corrected chi connectivity index (χ2v) is 11.7. The van der Waals surface area contributed by atoms with Crippen molar-refractivity contribution in [2.75, 3.05) is 53.0 Å². The van der Waals surface area contributed by atoms with Gasteiger partial charge in [0.25, 0.3) is 5.91 Å². The third kappa shape index (κ3) is 6.41. The molecule has 0 spiro atoms. The van der Waals surface area contributed by atoms with Gasteiger partial charge in [0.05, 0.1) is 6.10 Å². The van der Waals surface area contributed by atoms with Crippen LogP contribution < -0.4 is 16.0 Å². The van der Waals surface area contributed by atoms with E-state index >= 15 is 0 Å². The first kappa shape index (κ1) is 26.4. The largest absolute Gasteiger partial charge is 0.381 e. The van der Waals surface area contributed by atoms with Gasteiger partial charge in [0, 0.05) is 64.9 Å². The molecule has 204 valence electrons. The molecule has 3 heterocycles. The zero-order valence-corrected chi connectivity index (χ0v) is 22.1. The number of ether oxygens (including phenoxy) is 2. The molecule has 5 rings (SSSR count). The highest BCUT2D eigenvalue weighted by Crippen LogP contribution is 2.32. The smallest absolute Gasteiger partial charge is 0.251 e. The number of hydrogen-bond donors (Lipinski definition) is 3. The highest BCUT2D eigenvalue weighted by atomic mass is 16.5. The Morgan fingerprint density at radius 2 is 1.53 bits per heavy atom. The molecule has 3 unspecified atom stereocenters. The Bertz CT molecular complexity index is 724. The number of methoxy groups -OCH3 is 1. The maximum absolute atomic E-state index is 13.3. The van der Waals surface area contributed by atoms with Crippen LogP contribution in [0.1, 0.15) is 64.2 Å². The SMILES string of the molecule is COC1CCC(C2CNC(NC3CCCC(C(=O)N4CCN(C(=O)C5CCCO5)CC4)C3)NC2)CC1. The molecule has 9 heteroatoms. The van der Waals surface area contributed by atoms with Crippen LogP contribution in [-0.2, 0) is 19.1 Å². The number of piperazine rings is 1. The van der Waals surface area contributed by atoms with Gasteiger partial charge in [-0.05, 0) is 69.6 Å². The van der Waals surface area contributed by atoms with Gasteiger partial charge in [0.1, 0.15) is 12.4 Å². The molecule has 0 aromatic rings. The molecule has 3 saturated heterocycles. The number of hydrogen-bond acceptors (Lipinski definition) is 7. The Hall–Kier alpha value is -1.26. The number of rotatable bonds is 6. The average molecular weight is 506 g/mol. The summed E-state index contributed by atoms with van der Waals surface area (Å²) in [7, 11) is 1.84. The third-order valence-electron chi connectivity index (χ3n) is 9.42. The Labute approximate surface area is 216 Å². The maximum atomic E-state index is 13.3. The van der Waals surface area contributed by atoms with E-state index in [1.807, 2.05) is 16.9 Å². The zero-order chi connectivity index (χ0) is 24.9. The molecule has 9 nitrogen and oxygen atoms in total. The van der Waals surface area contributed by atoms with Crippen molar-refractivity contribution in [3.05, 3.63) is 0 Å². The molecule has 3 aliphatic heterocycles. The van der Waals surface area contributed by atoms with Crippen LogP contribution in [0.4, 0.5) is 0 Å². The standard InChI is InChI=1S/C27H47N5O4/c1-35-23-9-7-19(8-10-23)21-17-28-27(29-18-21)30-22-5-2-4-20(16-22)25(33)31-11-13-32(14-12-31)26(34)24-6-3-15-36-24/h19-24,27-30H,2-18H2,1H3. The molecule has 2 saturated carbocycles. The van der Waals surface area contributed by atoms with Crippen LogP contribution in [0.25, 0.3) is 0 Å². The Morgan fingerprint density at radius 1 is 0.833 bits per heavy atom. The number of carbonyl (C=O) groups is 2. The van der Waals surface area contributed by atoms with E-state index in [9.17, 15) is 9.59 Å². The van der Waals surface area contributed by atoms with Gasteiger partial charge in [-0.25, -0.2) is 0 Å². The van der Waals surface area contributed by atoms with Crippen molar-refractivity contribution >= 4 is 11.8 Å². The summed E-state index contributed by atoms with van der Waals surface area (Å²) in [5.74, 6) is 1.95. The van der Waals surface area contributed by atoms with Gasteiger partial charge in [-0.3, -0.25) is 25.5 Å². The van der Waals surface area contributed by atoms with E-state index in [1.165, 1.54) is 25.7 Å². The van der Waals surface area contributed by atoms with Crippen molar-refractivity contribution < 1.29 is 19.1 Å². The second kappa shape index (κ2) is 12.5.